The third-order valence-corrected chi connectivity index (χ3v) is 4.16. The highest BCUT2D eigenvalue weighted by Gasteiger charge is 2.14. The quantitative estimate of drug-likeness (QED) is 0.834. The van der Waals surface area contributed by atoms with E-state index in [2.05, 4.69) is 35.2 Å². The van der Waals surface area contributed by atoms with Gasteiger partial charge < -0.3 is 15.0 Å². The molecule has 4 nitrogen and oxygen atoms in total. The van der Waals surface area contributed by atoms with Gasteiger partial charge in [0.1, 0.15) is 12.4 Å². The fourth-order valence-electron chi connectivity index (χ4n) is 2.46. The predicted octanol–water partition coefficient (Wildman–Crippen LogP) is 2.08. The van der Waals surface area contributed by atoms with Crippen molar-refractivity contribution in [1.82, 2.24) is 15.1 Å². The Bertz CT molecular complexity index is 434. The van der Waals surface area contributed by atoms with Crippen molar-refractivity contribution in [2.24, 2.45) is 0 Å². The maximum absolute atomic E-state index is 6.28. The molecule has 21 heavy (non-hydrogen) atoms. The molecule has 0 aliphatic carbocycles. The van der Waals surface area contributed by atoms with Gasteiger partial charge in [-0.2, -0.15) is 0 Å². The Morgan fingerprint density at radius 1 is 1.24 bits per heavy atom. The SMILES string of the molecule is CCNCc1cccc(Cl)c1OCCN1CCN(C)CC1. The molecule has 1 aliphatic rings. The lowest BCUT2D eigenvalue weighted by molar-refractivity contribution is 0.133. The van der Waals surface area contributed by atoms with Crippen molar-refractivity contribution in [2.75, 3.05) is 52.9 Å². The average molecular weight is 312 g/mol. The van der Waals surface area contributed by atoms with E-state index in [1.165, 1.54) is 0 Å². The van der Waals surface area contributed by atoms with Crippen LogP contribution in [0, 0.1) is 0 Å². The summed E-state index contributed by atoms with van der Waals surface area (Å²) >= 11 is 6.28. The normalized spacial score (nSPS) is 17.1. The standard InChI is InChI=1S/C16H26ClN3O/c1-3-18-13-14-5-4-6-15(17)16(14)21-12-11-20-9-7-19(2)8-10-20/h4-6,18H,3,7-13H2,1-2H3. The minimum absolute atomic E-state index is 0.687. The number of para-hydroxylation sites is 1. The number of hydrogen-bond acceptors (Lipinski definition) is 4. The van der Waals surface area contributed by atoms with Crippen LogP contribution in [0.3, 0.4) is 0 Å². The second-order valence-corrected chi connectivity index (χ2v) is 5.91. The Balaban J connectivity index is 1.84. The van der Waals surface area contributed by atoms with Crippen molar-refractivity contribution in [2.45, 2.75) is 13.5 Å². The number of nitrogens with one attached hydrogen (secondary N) is 1. The first-order chi connectivity index (χ1) is 10.2. The fourth-order valence-corrected chi connectivity index (χ4v) is 2.71. The molecule has 1 N–H and O–H groups in total. The van der Waals surface area contributed by atoms with Crippen LogP contribution in [0.4, 0.5) is 0 Å². The molecule has 2 rings (SSSR count). The lowest BCUT2D eigenvalue weighted by atomic mass is 10.2. The number of ether oxygens (including phenoxy) is 1. The maximum atomic E-state index is 6.28. The molecule has 1 heterocycles. The molecule has 0 bridgehead atoms. The van der Waals surface area contributed by atoms with Crippen LogP contribution in [0.1, 0.15) is 12.5 Å². The van der Waals surface area contributed by atoms with E-state index in [1.807, 2.05) is 12.1 Å². The summed E-state index contributed by atoms with van der Waals surface area (Å²) in [6.45, 7) is 9.98. The van der Waals surface area contributed by atoms with Crippen LogP contribution in [0.25, 0.3) is 0 Å². The Labute approximate surface area is 133 Å². The van der Waals surface area contributed by atoms with Gasteiger partial charge in [0.15, 0.2) is 0 Å². The number of likely N-dealkylation sites (N-methyl/N-ethyl adjacent to an activating group) is 1. The fraction of sp³-hybridized carbons (Fsp3) is 0.625. The molecule has 1 aliphatic heterocycles. The topological polar surface area (TPSA) is 27.7 Å². The van der Waals surface area contributed by atoms with Crippen LogP contribution >= 0.6 is 11.6 Å². The average Bonchev–Trinajstić information content (AvgIpc) is 2.49. The molecule has 0 unspecified atom stereocenters. The number of nitrogens with zero attached hydrogens (tertiary/aromatic N) is 2. The minimum atomic E-state index is 0.687. The molecule has 1 fully saturated rings. The zero-order valence-electron chi connectivity index (χ0n) is 13.1. The monoisotopic (exact) mass is 311 g/mol. The van der Waals surface area contributed by atoms with Crippen LogP contribution in [-0.2, 0) is 6.54 Å². The van der Waals surface area contributed by atoms with Crippen LogP contribution in [0.5, 0.6) is 5.75 Å². The Hall–Kier alpha value is -0.810. The minimum Gasteiger partial charge on any atom is -0.490 e. The first-order valence-corrected chi connectivity index (χ1v) is 8.10. The third kappa shape index (κ3) is 5.15. The van der Waals surface area contributed by atoms with E-state index in [0.29, 0.717) is 11.6 Å². The number of piperazine rings is 1. The number of rotatable bonds is 7. The molecule has 0 aromatic heterocycles. The summed E-state index contributed by atoms with van der Waals surface area (Å²) in [7, 11) is 2.17. The lowest BCUT2D eigenvalue weighted by Gasteiger charge is -2.32. The van der Waals surface area contributed by atoms with Gasteiger partial charge in [0.25, 0.3) is 0 Å². The molecule has 0 saturated carbocycles. The molecule has 1 saturated heterocycles. The maximum Gasteiger partial charge on any atom is 0.142 e. The molecule has 118 valence electrons. The zero-order chi connectivity index (χ0) is 15.1. The van der Waals surface area contributed by atoms with E-state index in [0.717, 1.165) is 57.1 Å². The molecule has 0 atom stereocenters. The Kier molecular flexibility index (Phi) is 6.77. The van der Waals surface area contributed by atoms with E-state index >= 15 is 0 Å². The zero-order valence-corrected chi connectivity index (χ0v) is 13.8. The summed E-state index contributed by atoms with van der Waals surface area (Å²) < 4.78 is 5.97. The first-order valence-electron chi connectivity index (χ1n) is 7.72. The van der Waals surface area contributed by atoms with Crippen LogP contribution in [0.2, 0.25) is 5.02 Å². The molecule has 0 radical (unpaired) electrons. The van der Waals surface area contributed by atoms with E-state index in [4.69, 9.17) is 16.3 Å². The lowest BCUT2D eigenvalue weighted by Crippen LogP contribution is -2.45. The summed E-state index contributed by atoms with van der Waals surface area (Å²) in [4.78, 5) is 4.81. The van der Waals surface area contributed by atoms with Gasteiger partial charge >= 0.3 is 0 Å². The second-order valence-electron chi connectivity index (χ2n) is 5.50. The molecule has 1 aromatic rings. The van der Waals surface area contributed by atoms with Gasteiger partial charge in [-0.25, -0.2) is 0 Å². The summed E-state index contributed by atoms with van der Waals surface area (Å²) in [6.07, 6.45) is 0. The van der Waals surface area contributed by atoms with Crippen molar-refractivity contribution in [1.29, 1.82) is 0 Å². The van der Waals surface area contributed by atoms with Gasteiger partial charge in [-0.05, 0) is 19.7 Å². The summed E-state index contributed by atoms with van der Waals surface area (Å²) in [5.41, 5.74) is 1.13. The van der Waals surface area contributed by atoms with Gasteiger partial charge in [0.2, 0.25) is 0 Å². The van der Waals surface area contributed by atoms with E-state index in [1.54, 1.807) is 0 Å². The molecule has 0 spiro atoms. The number of benzene rings is 1. The second kappa shape index (κ2) is 8.59. The first kappa shape index (κ1) is 16.6. The summed E-state index contributed by atoms with van der Waals surface area (Å²) in [5, 5.41) is 4.02. The van der Waals surface area contributed by atoms with E-state index in [9.17, 15) is 0 Å². The van der Waals surface area contributed by atoms with Gasteiger partial charge in [-0.3, -0.25) is 4.90 Å². The van der Waals surface area contributed by atoms with Crippen molar-refractivity contribution < 1.29 is 4.74 Å². The number of hydrogen-bond donors (Lipinski definition) is 1. The largest absolute Gasteiger partial charge is 0.490 e. The molecule has 1 aromatic carbocycles. The highest BCUT2D eigenvalue weighted by molar-refractivity contribution is 6.32. The highest BCUT2D eigenvalue weighted by Crippen LogP contribution is 2.28. The van der Waals surface area contributed by atoms with Crippen LogP contribution in [-0.4, -0.2) is 62.7 Å². The smallest absolute Gasteiger partial charge is 0.142 e. The molecule has 0 amide bonds. The van der Waals surface area contributed by atoms with Gasteiger partial charge in [0.05, 0.1) is 5.02 Å². The molecular formula is C16H26ClN3O. The third-order valence-electron chi connectivity index (χ3n) is 3.86. The van der Waals surface area contributed by atoms with Crippen molar-refractivity contribution in [3.8, 4) is 5.75 Å². The van der Waals surface area contributed by atoms with E-state index in [-0.39, 0.29) is 0 Å². The Morgan fingerprint density at radius 2 is 2.00 bits per heavy atom. The Morgan fingerprint density at radius 3 is 2.71 bits per heavy atom. The van der Waals surface area contributed by atoms with Crippen molar-refractivity contribution in [3.63, 3.8) is 0 Å². The summed E-state index contributed by atoms with van der Waals surface area (Å²) in [5.74, 6) is 0.828. The van der Waals surface area contributed by atoms with Crippen LogP contribution in [0.15, 0.2) is 18.2 Å². The molecule has 5 heteroatoms. The van der Waals surface area contributed by atoms with Crippen LogP contribution < -0.4 is 10.1 Å². The van der Waals surface area contributed by atoms with Crippen molar-refractivity contribution >= 4 is 11.6 Å². The van der Waals surface area contributed by atoms with Gasteiger partial charge in [-0.1, -0.05) is 30.7 Å². The highest BCUT2D eigenvalue weighted by atomic mass is 35.5. The van der Waals surface area contributed by atoms with E-state index < -0.39 is 0 Å². The molecular weight excluding hydrogens is 286 g/mol. The number of halogens is 1. The summed E-state index contributed by atoms with van der Waals surface area (Å²) in [6, 6.07) is 5.93. The van der Waals surface area contributed by atoms with Crippen molar-refractivity contribution in [3.05, 3.63) is 28.8 Å². The van der Waals surface area contributed by atoms with Gasteiger partial charge in [-0.15, -0.1) is 0 Å². The van der Waals surface area contributed by atoms with Gasteiger partial charge in [0, 0.05) is 44.8 Å². The predicted molar refractivity (Wildman–Crippen MR) is 88.3 cm³/mol.